The van der Waals surface area contributed by atoms with Gasteiger partial charge in [-0.15, -0.1) is 0 Å². The van der Waals surface area contributed by atoms with E-state index in [-0.39, 0.29) is 11.4 Å². The number of aryl methyl sites for hydroxylation is 1. The minimum Gasteiger partial charge on any atom is -0.398 e. The molecule has 1 unspecified atom stereocenters. The van der Waals surface area contributed by atoms with E-state index in [1.807, 2.05) is 19.9 Å². The number of rotatable bonds is 7. The van der Waals surface area contributed by atoms with Crippen molar-refractivity contribution < 1.29 is 13.5 Å². The van der Waals surface area contributed by atoms with Crippen molar-refractivity contribution in [3.05, 3.63) is 23.3 Å². The maximum atomic E-state index is 12.4. The van der Waals surface area contributed by atoms with E-state index in [0.29, 0.717) is 30.5 Å². The van der Waals surface area contributed by atoms with Crippen LogP contribution in [0, 0.1) is 0 Å². The summed E-state index contributed by atoms with van der Waals surface area (Å²) in [6.45, 7) is 5.63. The molecule has 0 bridgehead atoms. The third kappa shape index (κ3) is 3.94. The fourth-order valence-electron chi connectivity index (χ4n) is 1.98. The van der Waals surface area contributed by atoms with E-state index >= 15 is 0 Å². The summed E-state index contributed by atoms with van der Waals surface area (Å²) in [6.07, 6.45) is 1.08. The number of sulfonamides is 1. The van der Waals surface area contributed by atoms with Crippen molar-refractivity contribution in [1.29, 1.82) is 0 Å². The fraction of sp³-hybridized carbons (Fsp3) is 0.571. The van der Waals surface area contributed by atoms with Crippen LogP contribution in [0.25, 0.3) is 0 Å². The zero-order chi connectivity index (χ0) is 15.3. The van der Waals surface area contributed by atoms with Crippen LogP contribution in [0.2, 0.25) is 0 Å². The highest BCUT2D eigenvalue weighted by Gasteiger charge is 2.21. The Morgan fingerprint density at radius 3 is 2.40 bits per heavy atom. The number of hydrogen-bond acceptors (Lipinski definition) is 4. The summed E-state index contributed by atoms with van der Waals surface area (Å²) >= 11 is 0. The quantitative estimate of drug-likeness (QED) is 0.664. The predicted octanol–water partition coefficient (Wildman–Crippen LogP) is 1.44. The number of anilines is 1. The first kappa shape index (κ1) is 16.9. The normalized spacial score (nSPS) is 13.4. The summed E-state index contributed by atoms with van der Waals surface area (Å²) in [4.78, 5) is 0.222. The molecule has 0 aliphatic rings. The number of benzene rings is 1. The topological polar surface area (TPSA) is 92.4 Å². The number of nitrogen functional groups attached to an aromatic ring is 1. The van der Waals surface area contributed by atoms with Crippen LogP contribution in [-0.4, -0.2) is 26.2 Å². The van der Waals surface area contributed by atoms with Crippen molar-refractivity contribution in [1.82, 2.24) is 4.72 Å². The minimum absolute atomic E-state index is 0.0121. The molecule has 4 N–H and O–H groups in total. The van der Waals surface area contributed by atoms with Crippen LogP contribution < -0.4 is 10.5 Å². The molecule has 0 aliphatic heterocycles. The molecule has 5 nitrogen and oxygen atoms in total. The van der Waals surface area contributed by atoms with Gasteiger partial charge in [0.2, 0.25) is 10.0 Å². The second-order valence-electron chi connectivity index (χ2n) is 4.78. The molecule has 1 rings (SSSR count). The van der Waals surface area contributed by atoms with Gasteiger partial charge in [-0.1, -0.05) is 20.8 Å². The van der Waals surface area contributed by atoms with E-state index in [4.69, 9.17) is 5.73 Å². The highest BCUT2D eigenvalue weighted by atomic mass is 32.2. The number of hydrogen-bond donors (Lipinski definition) is 3. The molecular formula is C14H24N2O3S. The van der Waals surface area contributed by atoms with Crippen LogP contribution in [0.4, 0.5) is 5.69 Å². The van der Waals surface area contributed by atoms with Gasteiger partial charge in [-0.2, -0.15) is 0 Å². The van der Waals surface area contributed by atoms with Gasteiger partial charge in [0.05, 0.1) is 11.0 Å². The Kier molecular flexibility index (Phi) is 5.98. The highest BCUT2D eigenvalue weighted by molar-refractivity contribution is 7.89. The summed E-state index contributed by atoms with van der Waals surface area (Å²) < 4.78 is 27.2. The molecule has 1 atom stereocenters. The van der Waals surface area contributed by atoms with Gasteiger partial charge in [0.15, 0.2) is 0 Å². The minimum atomic E-state index is -3.65. The van der Waals surface area contributed by atoms with E-state index in [1.54, 1.807) is 13.0 Å². The standard InChI is InChI=1S/C14H24N2O3S/c1-4-10-7-13(15)12(6-3)14(8-10)20(18,19)16-9-11(17)5-2/h7-8,11,16-17H,4-6,9,15H2,1-3H3. The summed E-state index contributed by atoms with van der Waals surface area (Å²) in [6, 6.07) is 3.48. The molecule has 0 amide bonds. The summed E-state index contributed by atoms with van der Waals surface area (Å²) in [5, 5.41) is 9.50. The van der Waals surface area contributed by atoms with E-state index in [0.717, 1.165) is 5.56 Å². The molecule has 1 aromatic carbocycles. The average molecular weight is 300 g/mol. The number of aliphatic hydroxyl groups is 1. The van der Waals surface area contributed by atoms with Crippen molar-refractivity contribution in [2.45, 2.75) is 51.0 Å². The second kappa shape index (κ2) is 7.06. The maximum Gasteiger partial charge on any atom is 0.241 e. The van der Waals surface area contributed by atoms with E-state index in [2.05, 4.69) is 4.72 Å². The molecule has 0 radical (unpaired) electrons. The van der Waals surface area contributed by atoms with Crippen LogP contribution in [0.15, 0.2) is 17.0 Å². The van der Waals surface area contributed by atoms with Crippen LogP contribution in [0.1, 0.15) is 38.3 Å². The second-order valence-corrected chi connectivity index (χ2v) is 6.52. The Morgan fingerprint density at radius 2 is 1.90 bits per heavy atom. The van der Waals surface area contributed by atoms with Crippen LogP contribution in [0.5, 0.6) is 0 Å². The highest BCUT2D eigenvalue weighted by Crippen LogP contribution is 2.25. The Morgan fingerprint density at radius 1 is 1.25 bits per heavy atom. The lowest BCUT2D eigenvalue weighted by Gasteiger charge is -2.15. The summed E-state index contributed by atoms with van der Waals surface area (Å²) in [5.41, 5.74) is 7.96. The fourth-order valence-corrected chi connectivity index (χ4v) is 3.44. The zero-order valence-corrected chi connectivity index (χ0v) is 13.1. The third-order valence-electron chi connectivity index (χ3n) is 3.33. The van der Waals surface area contributed by atoms with Crippen LogP contribution in [-0.2, 0) is 22.9 Å². The summed E-state index contributed by atoms with van der Waals surface area (Å²) in [5.74, 6) is 0. The largest absolute Gasteiger partial charge is 0.398 e. The molecule has 0 saturated heterocycles. The van der Waals surface area contributed by atoms with E-state index < -0.39 is 16.1 Å². The van der Waals surface area contributed by atoms with Crippen LogP contribution in [0.3, 0.4) is 0 Å². The van der Waals surface area contributed by atoms with Gasteiger partial charge >= 0.3 is 0 Å². The molecule has 6 heteroatoms. The van der Waals surface area contributed by atoms with E-state index in [9.17, 15) is 13.5 Å². The molecule has 0 heterocycles. The molecule has 0 aliphatic carbocycles. The number of nitrogens with two attached hydrogens (primary N) is 1. The molecule has 20 heavy (non-hydrogen) atoms. The maximum absolute atomic E-state index is 12.4. The Labute approximate surface area is 121 Å². The van der Waals surface area contributed by atoms with Gasteiger partial charge in [0, 0.05) is 12.2 Å². The SMILES string of the molecule is CCc1cc(N)c(CC)c(S(=O)(=O)NCC(O)CC)c1. The number of aliphatic hydroxyl groups excluding tert-OH is 1. The van der Waals surface area contributed by atoms with E-state index in [1.165, 1.54) is 0 Å². The van der Waals surface area contributed by atoms with Crippen molar-refractivity contribution in [2.24, 2.45) is 0 Å². The lowest BCUT2D eigenvalue weighted by atomic mass is 10.1. The molecule has 1 aromatic rings. The number of nitrogens with one attached hydrogen (secondary N) is 1. The zero-order valence-electron chi connectivity index (χ0n) is 12.3. The van der Waals surface area contributed by atoms with Gasteiger partial charge in [-0.25, -0.2) is 13.1 Å². The third-order valence-corrected chi connectivity index (χ3v) is 4.82. The Bertz CT molecular complexity index is 556. The van der Waals surface area contributed by atoms with Gasteiger partial charge < -0.3 is 10.8 Å². The summed E-state index contributed by atoms with van der Waals surface area (Å²) in [7, 11) is -3.65. The van der Waals surface area contributed by atoms with Gasteiger partial charge in [-0.3, -0.25) is 0 Å². The molecular weight excluding hydrogens is 276 g/mol. The predicted molar refractivity (Wildman–Crippen MR) is 81.1 cm³/mol. The van der Waals surface area contributed by atoms with Crippen molar-refractivity contribution >= 4 is 15.7 Å². The lowest BCUT2D eigenvalue weighted by Crippen LogP contribution is -2.32. The monoisotopic (exact) mass is 300 g/mol. The molecule has 0 saturated carbocycles. The van der Waals surface area contributed by atoms with Gasteiger partial charge in [-0.05, 0) is 42.5 Å². The van der Waals surface area contributed by atoms with Crippen molar-refractivity contribution in [3.63, 3.8) is 0 Å². The van der Waals surface area contributed by atoms with Gasteiger partial charge in [0.1, 0.15) is 0 Å². The lowest BCUT2D eigenvalue weighted by molar-refractivity contribution is 0.174. The molecule has 0 spiro atoms. The van der Waals surface area contributed by atoms with Gasteiger partial charge in [0.25, 0.3) is 0 Å². The van der Waals surface area contributed by atoms with Crippen molar-refractivity contribution in [2.75, 3.05) is 12.3 Å². The van der Waals surface area contributed by atoms with Crippen LogP contribution >= 0.6 is 0 Å². The molecule has 114 valence electrons. The first-order chi connectivity index (χ1) is 9.35. The molecule has 0 aromatic heterocycles. The smallest absolute Gasteiger partial charge is 0.241 e. The first-order valence-corrected chi connectivity index (χ1v) is 8.42. The Hall–Kier alpha value is -1.11. The first-order valence-electron chi connectivity index (χ1n) is 6.94. The molecule has 0 fully saturated rings. The Balaban J connectivity index is 3.19. The average Bonchev–Trinajstić information content (AvgIpc) is 2.43. The van der Waals surface area contributed by atoms with Crippen molar-refractivity contribution in [3.8, 4) is 0 Å².